The molecule has 0 bridgehead atoms. The molecule has 0 aliphatic rings. The highest BCUT2D eigenvalue weighted by atomic mass is 35.5. The highest BCUT2D eigenvalue weighted by molar-refractivity contribution is 7.91. The Bertz CT molecular complexity index is 731. The quantitative estimate of drug-likeness (QED) is 0.815. The predicted octanol–water partition coefficient (Wildman–Crippen LogP) is 3.21. The lowest BCUT2D eigenvalue weighted by Gasteiger charge is -2.09. The normalized spacial score (nSPS) is 11.6. The molecular formula is C13H13ClFNO3S2. The number of aryl methyl sites for hydroxylation is 1. The zero-order valence-corrected chi connectivity index (χ0v) is 13.5. The molecule has 4 nitrogen and oxygen atoms in total. The lowest BCUT2D eigenvalue weighted by Crippen LogP contribution is -2.27. The lowest BCUT2D eigenvalue weighted by molar-refractivity contribution is 0.322. The molecule has 0 atom stereocenters. The fourth-order valence-electron chi connectivity index (χ4n) is 1.56. The van der Waals surface area contributed by atoms with Gasteiger partial charge < -0.3 is 4.74 Å². The van der Waals surface area contributed by atoms with Crippen LogP contribution in [0.3, 0.4) is 0 Å². The van der Waals surface area contributed by atoms with Gasteiger partial charge in [-0.25, -0.2) is 17.5 Å². The number of hydrogen-bond acceptors (Lipinski definition) is 4. The van der Waals surface area contributed by atoms with Gasteiger partial charge in [0.1, 0.15) is 22.4 Å². The molecule has 0 saturated carbocycles. The van der Waals surface area contributed by atoms with E-state index in [9.17, 15) is 12.8 Å². The van der Waals surface area contributed by atoms with Crippen molar-refractivity contribution in [3.05, 3.63) is 46.0 Å². The zero-order valence-electron chi connectivity index (χ0n) is 11.1. The van der Waals surface area contributed by atoms with Crippen molar-refractivity contribution < 1.29 is 17.5 Å². The molecule has 1 N–H and O–H groups in total. The maximum Gasteiger partial charge on any atom is 0.250 e. The molecule has 8 heteroatoms. The number of sulfonamides is 1. The molecule has 1 heterocycles. The molecule has 0 amide bonds. The van der Waals surface area contributed by atoms with Crippen LogP contribution in [0.1, 0.15) is 4.88 Å². The average molecular weight is 350 g/mol. The minimum atomic E-state index is -3.52. The van der Waals surface area contributed by atoms with Crippen molar-refractivity contribution in [3.8, 4) is 5.75 Å². The van der Waals surface area contributed by atoms with Crippen LogP contribution in [-0.2, 0) is 10.0 Å². The monoisotopic (exact) mass is 349 g/mol. The first kappa shape index (κ1) is 16.2. The van der Waals surface area contributed by atoms with Gasteiger partial charge in [-0.15, -0.1) is 11.3 Å². The Morgan fingerprint density at radius 3 is 2.71 bits per heavy atom. The van der Waals surface area contributed by atoms with Gasteiger partial charge in [-0.05, 0) is 37.3 Å². The number of rotatable bonds is 6. The second kappa shape index (κ2) is 6.74. The van der Waals surface area contributed by atoms with Crippen molar-refractivity contribution in [3.63, 3.8) is 0 Å². The van der Waals surface area contributed by atoms with Crippen molar-refractivity contribution >= 4 is 33.0 Å². The summed E-state index contributed by atoms with van der Waals surface area (Å²) in [7, 11) is -3.52. The van der Waals surface area contributed by atoms with Crippen LogP contribution in [0.4, 0.5) is 4.39 Å². The van der Waals surface area contributed by atoms with E-state index in [-0.39, 0.29) is 22.4 Å². The molecule has 2 rings (SSSR count). The third-order valence-electron chi connectivity index (χ3n) is 2.53. The number of benzene rings is 1. The molecule has 0 aliphatic carbocycles. The Balaban J connectivity index is 1.87. The third-order valence-corrected chi connectivity index (χ3v) is 5.78. The largest absolute Gasteiger partial charge is 0.491 e. The van der Waals surface area contributed by atoms with E-state index in [1.807, 2.05) is 6.92 Å². The number of halogens is 2. The van der Waals surface area contributed by atoms with E-state index in [1.54, 1.807) is 12.1 Å². The summed E-state index contributed by atoms with van der Waals surface area (Å²) in [5.41, 5.74) is 0. The minimum Gasteiger partial charge on any atom is -0.491 e. The van der Waals surface area contributed by atoms with Crippen LogP contribution in [0, 0.1) is 12.7 Å². The summed E-state index contributed by atoms with van der Waals surface area (Å²) in [4.78, 5) is 0.921. The topological polar surface area (TPSA) is 55.4 Å². The first-order valence-electron chi connectivity index (χ1n) is 6.02. The molecule has 0 saturated heterocycles. The molecule has 1 aromatic carbocycles. The number of hydrogen-bond donors (Lipinski definition) is 1. The number of thiophene rings is 1. The Morgan fingerprint density at radius 2 is 2.10 bits per heavy atom. The Labute approximate surface area is 131 Å². The first-order valence-corrected chi connectivity index (χ1v) is 8.70. The summed E-state index contributed by atoms with van der Waals surface area (Å²) in [6.45, 7) is 2.02. The average Bonchev–Trinajstić information content (AvgIpc) is 2.84. The maximum atomic E-state index is 12.9. The molecule has 0 unspecified atom stereocenters. The summed E-state index contributed by atoms with van der Waals surface area (Å²) < 4.78 is 44.7. The van der Waals surface area contributed by atoms with Crippen LogP contribution in [0.15, 0.2) is 34.5 Å². The van der Waals surface area contributed by atoms with Crippen LogP contribution >= 0.6 is 22.9 Å². The molecule has 0 aliphatic heterocycles. The zero-order chi connectivity index (χ0) is 15.5. The van der Waals surface area contributed by atoms with Crippen LogP contribution in [0.2, 0.25) is 5.02 Å². The van der Waals surface area contributed by atoms with Crippen molar-refractivity contribution in [1.82, 2.24) is 4.72 Å². The lowest BCUT2D eigenvalue weighted by atomic mass is 10.3. The van der Waals surface area contributed by atoms with E-state index in [4.69, 9.17) is 16.3 Å². The van der Waals surface area contributed by atoms with Gasteiger partial charge in [0, 0.05) is 11.4 Å². The van der Waals surface area contributed by atoms with E-state index in [0.29, 0.717) is 5.75 Å². The first-order chi connectivity index (χ1) is 9.88. The number of ether oxygens (including phenoxy) is 1. The fraction of sp³-hybridized carbons (Fsp3) is 0.231. The molecule has 21 heavy (non-hydrogen) atoms. The van der Waals surface area contributed by atoms with Gasteiger partial charge in [-0.2, -0.15) is 0 Å². The predicted molar refractivity (Wildman–Crippen MR) is 81.1 cm³/mol. The van der Waals surface area contributed by atoms with Crippen LogP contribution < -0.4 is 9.46 Å². The summed E-state index contributed by atoms with van der Waals surface area (Å²) in [6.07, 6.45) is 0. The minimum absolute atomic E-state index is 0.0903. The van der Waals surface area contributed by atoms with Crippen LogP contribution in [0.25, 0.3) is 0 Å². The van der Waals surface area contributed by atoms with Gasteiger partial charge in [0.05, 0.1) is 5.02 Å². The van der Waals surface area contributed by atoms with Gasteiger partial charge in [0.15, 0.2) is 0 Å². The van der Waals surface area contributed by atoms with E-state index in [1.165, 1.54) is 23.5 Å². The third kappa shape index (κ3) is 4.41. The standard InChI is InChI=1S/C13H13ClFNO3S2/c1-9-2-5-13(20-9)21(17,18)16-6-7-19-12-4-3-10(15)8-11(12)14/h2-5,8,16H,6-7H2,1H3. The maximum absolute atomic E-state index is 12.9. The van der Waals surface area contributed by atoms with E-state index in [0.717, 1.165) is 10.9 Å². The highest BCUT2D eigenvalue weighted by Gasteiger charge is 2.15. The Hall–Kier alpha value is -1.15. The van der Waals surface area contributed by atoms with E-state index < -0.39 is 15.8 Å². The van der Waals surface area contributed by atoms with Crippen molar-refractivity contribution in [2.75, 3.05) is 13.2 Å². The molecular weight excluding hydrogens is 337 g/mol. The van der Waals surface area contributed by atoms with Gasteiger partial charge in [0.2, 0.25) is 10.0 Å². The van der Waals surface area contributed by atoms with Crippen molar-refractivity contribution in [1.29, 1.82) is 0 Å². The molecule has 1 aromatic heterocycles. The Kier molecular flexibility index (Phi) is 5.21. The van der Waals surface area contributed by atoms with Crippen molar-refractivity contribution in [2.24, 2.45) is 0 Å². The van der Waals surface area contributed by atoms with Crippen LogP contribution in [-0.4, -0.2) is 21.6 Å². The number of nitrogens with one attached hydrogen (secondary N) is 1. The van der Waals surface area contributed by atoms with Gasteiger partial charge in [-0.3, -0.25) is 0 Å². The second-order valence-electron chi connectivity index (χ2n) is 4.19. The smallest absolute Gasteiger partial charge is 0.250 e. The highest BCUT2D eigenvalue weighted by Crippen LogP contribution is 2.24. The molecule has 114 valence electrons. The SMILES string of the molecule is Cc1ccc(S(=O)(=O)NCCOc2ccc(F)cc2Cl)s1. The van der Waals surface area contributed by atoms with Gasteiger partial charge in [-0.1, -0.05) is 11.6 Å². The molecule has 0 radical (unpaired) electrons. The molecule has 0 fully saturated rings. The molecule has 0 spiro atoms. The summed E-state index contributed by atoms with van der Waals surface area (Å²) >= 11 is 6.99. The fourth-order valence-corrected chi connectivity index (χ4v) is 4.12. The molecule has 2 aromatic rings. The summed E-state index contributed by atoms with van der Waals surface area (Å²) in [5, 5.41) is 0.145. The van der Waals surface area contributed by atoms with Gasteiger partial charge >= 0.3 is 0 Å². The van der Waals surface area contributed by atoms with Crippen LogP contribution in [0.5, 0.6) is 5.75 Å². The second-order valence-corrected chi connectivity index (χ2v) is 7.87. The van der Waals surface area contributed by atoms with E-state index in [2.05, 4.69) is 4.72 Å². The summed E-state index contributed by atoms with van der Waals surface area (Å²) in [5.74, 6) is -0.148. The van der Waals surface area contributed by atoms with Gasteiger partial charge in [0.25, 0.3) is 0 Å². The van der Waals surface area contributed by atoms with Crippen molar-refractivity contribution in [2.45, 2.75) is 11.1 Å². The Morgan fingerprint density at radius 1 is 1.33 bits per heavy atom. The summed E-state index contributed by atoms with van der Waals surface area (Å²) in [6, 6.07) is 7.05. The van der Waals surface area contributed by atoms with E-state index >= 15 is 0 Å².